The summed E-state index contributed by atoms with van der Waals surface area (Å²) in [6.45, 7) is 3.50. The molecule has 0 spiro atoms. The van der Waals surface area contributed by atoms with Gasteiger partial charge in [0, 0.05) is 0 Å². The molecule has 1 rings (SSSR count). The Kier molecular flexibility index (Phi) is 16.9. The molecule has 1 heterocycles. The van der Waals surface area contributed by atoms with Gasteiger partial charge in [0.05, 0.1) is 19.8 Å². The minimum Gasteiger partial charge on any atom is -0.285 e. The van der Waals surface area contributed by atoms with Gasteiger partial charge in [0.1, 0.15) is 0 Å². The van der Waals surface area contributed by atoms with Gasteiger partial charge >= 0.3 is 7.82 Å². The zero-order chi connectivity index (χ0) is 19.5. The van der Waals surface area contributed by atoms with E-state index in [1.54, 1.807) is 0 Å². The molecule has 0 saturated carbocycles. The molecule has 0 aliphatic carbocycles. The molecule has 162 valence electrons. The summed E-state index contributed by atoms with van der Waals surface area (Å²) in [4.78, 5) is 5.15. The monoisotopic (exact) mass is 406 g/mol. The van der Waals surface area contributed by atoms with Crippen LogP contribution < -0.4 is 0 Å². The molecule has 0 bridgehead atoms. The number of unbranched alkanes of at least 4 members (excludes halogenated alkanes) is 10. The maximum absolute atomic E-state index is 12.5. The van der Waals surface area contributed by atoms with Gasteiger partial charge in [-0.05, 0) is 19.3 Å². The van der Waals surface area contributed by atoms with E-state index >= 15 is 0 Å². The summed E-state index contributed by atoms with van der Waals surface area (Å²) < 4.78 is 28.2. The molecule has 0 aromatic carbocycles. The topological polar surface area (TPSA) is 54.0 Å². The van der Waals surface area contributed by atoms with Crippen molar-refractivity contribution in [3.8, 4) is 0 Å². The largest absolute Gasteiger partial charge is 0.502 e. The fourth-order valence-corrected chi connectivity index (χ4v) is 4.34. The lowest BCUT2D eigenvalue weighted by atomic mass is 10.1. The molecule has 0 N–H and O–H groups in total. The normalized spacial score (nSPS) is 18.9. The van der Waals surface area contributed by atoms with E-state index in [9.17, 15) is 4.57 Å². The van der Waals surface area contributed by atoms with Crippen molar-refractivity contribution in [1.82, 2.24) is 0 Å². The van der Waals surface area contributed by atoms with E-state index in [0.717, 1.165) is 38.5 Å². The Morgan fingerprint density at radius 2 is 1.11 bits per heavy atom. The molecule has 0 amide bonds. The Bertz CT molecular complexity index is 348. The molecule has 1 fully saturated rings. The first kappa shape index (κ1) is 25.1. The third kappa shape index (κ3) is 15.6. The summed E-state index contributed by atoms with van der Waals surface area (Å²) >= 11 is 0. The molecule has 0 radical (unpaired) electrons. The zero-order valence-corrected chi connectivity index (χ0v) is 18.5. The highest BCUT2D eigenvalue weighted by Gasteiger charge is 2.28. The van der Waals surface area contributed by atoms with Crippen molar-refractivity contribution >= 4 is 7.82 Å². The predicted octanol–water partition coefficient (Wildman–Crippen LogP) is 7.74. The first-order valence-corrected chi connectivity index (χ1v) is 12.9. The maximum atomic E-state index is 12.5. The summed E-state index contributed by atoms with van der Waals surface area (Å²) in [5.74, 6) is 0. The van der Waals surface area contributed by atoms with Gasteiger partial charge in [-0.25, -0.2) is 9.45 Å². The highest BCUT2D eigenvalue weighted by Crippen LogP contribution is 2.50. The summed E-state index contributed by atoms with van der Waals surface area (Å²) in [7, 11) is -3.56. The molecule has 5 nitrogen and oxygen atoms in total. The van der Waals surface area contributed by atoms with Crippen LogP contribution in [0.1, 0.15) is 116 Å². The van der Waals surface area contributed by atoms with Crippen LogP contribution in [0, 0.1) is 0 Å². The molecule has 0 atom stereocenters. The van der Waals surface area contributed by atoms with E-state index in [2.05, 4.69) is 6.92 Å². The number of hydrogen-bond donors (Lipinski definition) is 0. The minimum absolute atomic E-state index is 0.402. The highest BCUT2D eigenvalue weighted by molar-refractivity contribution is 7.48. The molecule has 1 saturated heterocycles. The van der Waals surface area contributed by atoms with Gasteiger partial charge in [-0.1, -0.05) is 96.8 Å². The van der Waals surface area contributed by atoms with E-state index in [-0.39, 0.29) is 0 Å². The smallest absolute Gasteiger partial charge is 0.285 e. The number of phosphoric acid groups is 1. The quantitative estimate of drug-likeness (QED) is 0.128. The van der Waals surface area contributed by atoms with Crippen molar-refractivity contribution in [3.05, 3.63) is 0 Å². The van der Waals surface area contributed by atoms with Crippen LogP contribution in [0.15, 0.2) is 0 Å². The molecule has 27 heavy (non-hydrogen) atoms. The number of phosphoric ester groups is 1. The Hall–Kier alpha value is 0.0700. The van der Waals surface area contributed by atoms with Gasteiger partial charge in [0.2, 0.25) is 0 Å². The molecule has 6 heteroatoms. The second kappa shape index (κ2) is 18.1. The second-order valence-electron chi connectivity index (χ2n) is 7.67. The van der Waals surface area contributed by atoms with Crippen LogP contribution >= 0.6 is 7.82 Å². The minimum atomic E-state index is -3.56. The Labute approximate surface area is 167 Å². The first-order chi connectivity index (χ1) is 13.3. The van der Waals surface area contributed by atoms with Gasteiger partial charge in [0.25, 0.3) is 0 Å². The lowest BCUT2D eigenvalue weighted by Crippen LogP contribution is -2.04. The fraction of sp³-hybridized carbons (Fsp3) is 1.00. The lowest BCUT2D eigenvalue weighted by Gasteiger charge is -2.16. The van der Waals surface area contributed by atoms with Crippen LogP contribution in [0.25, 0.3) is 0 Å². The van der Waals surface area contributed by atoms with E-state index in [1.165, 1.54) is 70.6 Å². The van der Waals surface area contributed by atoms with Crippen molar-refractivity contribution < 1.29 is 23.2 Å². The van der Waals surface area contributed by atoms with Gasteiger partial charge in [0.15, 0.2) is 0 Å². The zero-order valence-electron chi connectivity index (χ0n) is 17.6. The Morgan fingerprint density at radius 1 is 0.667 bits per heavy atom. The third-order valence-electron chi connectivity index (χ3n) is 5.01. The molecule has 0 unspecified atom stereocenters. The average Bonchev–Trinajstić information content (AvgIpc) is 2.71. The summed E-state index contributed by atoms with van der Waals surface area (Å²) in [6, 6.07) is 0. The standard InChI is InChI=1S/C21H43O5P/c1-2-3-4-5-6-7-8-9-10-13-16-19-23-26-27(22)24-20-17-14-11-12-15-18-21-25-27/h2-21H2,1H3. The molecule has 1 aliphatic heterocycles. The van der Waals surface area contributed by atoms with Crippen LogP contribution in [0.5, 0.6) is 0 Å². The van der Waals surface area contributed by atoms with Crippen LogP contribution in [-0.2, 0) is 23.2 Å². The van der Waals surface area contributed by atoms with Crippen molar-refractivity contribution in [2.45, 2.75) is 116 Å². The summed E-state index contributed by atoms with van der Waals surface area (Å²) in [6.07, 6.45) is 20.5. The number of rotatable bonds is 14. The van der Waals surface area contributed by atoms with Crippen molar-refractivity contribution in [1.29, 1.82) is 0 Å². The SMILES string of the molecule is CCCCCCCCCCCCCOOP1(=O)OCCCCCCCCO1. The van der Waals surface area contributed by atoms with Crippen LogP contribution in [0.4, 0.5) is 0 Å². The van der Waals surface area contributed by atoms with Gasteiger partial charge < -0.3 is 0 Å². The van der Waals surface area contributed by atoms with Crippen molar-refractivity contribution in [2.75, 3.05) is 19.8 Å². The molecule has 0 aromatic heterocycles. The highest BCUT2D eigenvalue weighted by atomic mass is 31.2. The van der Waals surface area contributed by atoms with Crippen molar-refractivity contribution in [2.24, 2.45) is 0 Å². The van der Waals surface area contributed by atoms with E-state index < -0.39 is 7.82 Å². The van der Waals surface area contributed by atoms with Gasteiger partial charge in [-0.3, -0.25) is 9.05 Å². The van der Waals surface area contributed by atoms with Crippen LogP contribution in [0.3, 0.4) is 0 Å². The average molecular weight is 407 g/mol. The van der Waals surface area contributed by atoms with E-state index in [4.69, 9.17) is 18.6 Å². The van der Waals surface area contributed by atoms with Gasteiger partial charge in [-0.15, -0.1) is 4.67 Å². The Morgan fingerprint density at radius 3 is 1.63 bits per heavy atom. The van der Waals surface area contributed by atoms with E-state index in [0.29, 0.717) is 19.8 Å². The van der Waals surface area contributed by atoms with Crippen LogP contribution in [0.2, 0.25) is 0 Å². The second-order valence-corrected chi connectivity index (χ2v) is 9.23. The maximum Gasteiger partial charge on any atom is 0.502 e. The summed E-state index contributed by atoms with van der Waals surface area (Å²) in [5, 5.41) is 0. The van der Waals surface area contributed by atoms with Crippen LogP contribution in [-0.4, -0.2) is 19.8 Å². The molecule has 1 aliphatic rings. The molecular formula is C21H43O5P. The lowest BCUT2D eigenvalue weighted by molar-refractivity contribution is -0.227. The first-order valence-electron chi connectivity index (χ1n) is 11.5. The predicted molar refractivity (Wildman–Crippen MR) is 111 cm³/mol. The Balaban J connectivity index is 1.96. The number of hydrogen-bond acceptors (Lipinski definition) is 5. The summed E-state index contributed by atoms with van der Waals surface area (Å²) in [5.41, 5.74) is 0. The van der Waals surface area contributed by atoms with Crippen molar-refractivity contribution in [3.63, 3.8) is 0 Å². The molecular weight excluding hydrogens is 363 g/mol. The third-order valence-corrected chi connectivity index (χ3v) is 6.30. The fourth-order valence-electron chi connectivity index (χ4n) is 3.27. The van der Waals surface area contributed by atoms with Gasteiger partial charge in [-0.2, -0.15) is 0 Å². The molecule has 0 aromatic rings. The van der Waals surface area contributed by atoms with E-state index in [1.807, 2.05) is 0 Å².